The third-order valence-corrected chi connectivity index (χ3v) is 2.93. The molecule has 0 fully saturated rings. The Labute approximate surface area is 115 Å². The van der Waals surface area contributed by atoms with Crippen LogP contribution in [0.2, 0.25) is 0 Å². The summed E-state index contributed by atoms with van der Waals surface area (Å²) in [5.41, 5.74) is 6.30. The van der Waals surface area contributed by atoms with Gasteiger partial charge in [0.1, 0.15) is 22.9 Å². The Hall–Kier alpha value is -2.57. The number of hydrogen-bond acceptors (Lipinski definition) is 4. The van der Waals surface area contributed by atoms with Gasteiger partial charge < -0.3 is 15.8 Å². The molecule has 7 heteroatoms. The van der Waals surface area contributed by atoms with Gasteiger partial charge in [-0.15, -0.1) is 0 Å². The van der Waals surface area contributed by atoms with Crippen LogP contribution in [0.3, 0.4) is 0 Å². The molecule has 0 aliphatic carbocycles. The van der Waals surface area contributed by atoms with E-state index in [2.05, 4.69) is 10.4 Å². The smallest absolute Gasteiger partial charge is 0.258 e. The fourth-order valence-corrected chi connectivity index (χ4v) is 1.79. The summed E-state index contributed by atoms with van der Waals surface area (Å²) in [7, 11) is 3.07. The molecule has 0 aliphatic heterocycles. The van der Waals surface area contributed by atoms with Crippen molar-refractivity contribution in [1.29, 1.82) is 0 Å². The summed E-state index contributed by atoms with van der Waals surface area (Å²) in [5, 5.41) is 6.55. The number of benzene rings is 1. The summed E-state index contributed by atoms with van der Waals surface area (Å²) in [6, 6.07) is 4.20. The number of carbonyl (C=O) groups is 1. The van der Waals surface area contributed by atoms with Crippen LogP contribution in [0.1, 0.15) is 15.9 Å². The number of nitrogens with zero attached hydrogens (tertiary/aromatic N) is 2. The van der Waals surface area contributed by atoms with Gasteiger partial charge in [-0.25, -0.2) is 4.39 Å². The maximum Gasteiger partial charge on any atom is 0.258 e. The van der Waals surface area contributed by atoms with Crippen molar-refractivity contribution in [1.82, 2.24) is 15.1 Å². The van der Waals surface area contributed by atoms with Gasteiger partial charge in [0.2, 0.25) is 0 Å². The first-order valence-electron chi connectivity index (χ1n) is 5.91. The minimum Gasteiger partial charge on any atom is -0.496 e. The lowest BCUT2D eigenvalue weighted by atomic mass is 10.1. The van der Waals surface area contributed by atoms with E-state index in [1.54, 1.807) is 13.2 Å². The fourth-order valence-electron chi connectivity index (χ4n) is 1.79. The predicted octanol–water partition coefficient (Wildman–Crippen LogP) is 1.08. The number of aromatic nitrogens is 2. The van der Waals surface area contributed by atoms with Crippen molar-refractivity contribution < 1.29 is 13.9 Å². The molecule has 0 radical (unpaired) electrons. The minimum absolute atomic E-state index is 0.127. The molecule has 0 unspecified atom stereocenters. The van der Waals surface area contributed by atoms with Crippen LogP contribution in [0, 0.1) is 5.82 Å². The number of nitrogens with two attached hydrogens (primary N) is 1. The number of amides is 1. The first-order chi connectivity index (χ1) is 9.54. The number of ether oxygens (including phenoxy) is 1. The molecule has 106 valence electrons. The average molecular weight is 278 g/mol. The molecule has 1 amide bonds. The molecule has 3 N–H and O–H groups in total. The van der Waals surface area contributed by atoms with Gasteiger partial charge in [0, 0.05) is 19.2 Å². The number of nitrogen functional groups attached to an aromatic ring is 1. The molecule has 0 saturated carbocycles. The summed E-state index contributed by atoms with van der Waals surface area (Å²) < 4.78 is 20.2. The van der Waals surface area contributed by atoms with Crippen LogP contribution in [0.4, 0.5) is 10.2 Å². The molecule has 20 heavy (non-hydrogen) atoms. The van der Waals surface area contributed by atoms with E-state index < -0.39 is 11.7 Å². The fraction of sp³-hybridized carbons (Fsp3) is 0.231. The van der Waals surface area contributed by atoms with Crippen molar-refractivity contribution in [3.05, 3.63) is 41.3 Å². The van der Waals surface area contributed by atoms with Gasteiger partial charge in [-0.3, -0.25) is 9.48 Å². The SMILES string of the molecule is COc1cccc(F)c1C(=O)NCc1cnn(C)c1N. The molecule has 0 aliphatic rings. The first kappa shape index (κ1) is 13.9. The number of aryl methyl sites for hydroxylation is 1. The summed E-state index contributed by atoms with van der Waals surface area (Å²) in [6.07, 6.45) is 1.55. The highest BCUT2D eigenvalue weighted by molar-refractivity contribution is 5.97. The first-order valence-corrected chi connectivity index (χ1v) is 5.91. The molecule has 0 spiro atoms. The number of methoxy groups -OCH3 is 1. The van der Waals surface area contributed by atoms with Crippen LogP contribution in [-0.2, 0) is 13.6 Å². The topological polar surface area (TPSA) is 82.2 Å². The molecule has 1 heterocycles. The molecule has 2 rings (SSSR count). The van der Waals surface area contributed by atoms with Gasteiger partial charge in [0.05, 0.1) is 13.3 Å². The lowest BCUT2D eigenvalue weighted by molar-refractivity contribution is 0.0943. The van der Waals surface area contributed by atoms with Gasteiger partial charge in [0.25, 0.3) is 5.91 Å². The monoisotopic (exact) mass is 278 g/mol. The molecule has 2 aromatic rings. The van der Waals surface area contributed by atoms with Crippen molar-refractivity contribution in [2.45, 2.75) is 6.54 Å². The summed E-state index contributed by atoms with van der Waals surface area (Å²) in [4.78, 5) is 12.0. The second-order valence-corrected chi connectivity index (χ2v) is 4.18. The Kier molecular flexibility index (Phi) is 3.88. The van der Waals surface area contributed by atoms with Crippen molar-refractivity contribution in [3.8, 4) is 5.75 Å². The lowest BCUT2D eigenvalue weighted by Crippen LogP contribution is -2.24. The van der Waals surface area contributed by atoms with E-state index in [4.69, 9.17) is 10.5 Å². The summed E-state index contributed by atoms with van der Waals surface area (Å²) >= 11 is 0. The van der Waals surface area contributed by atoms with Crippen molar-refractivity contribution in [2.24, 2.45) is 7.05 Å². The third kappa shape index (κ3) is 2.56. The highest BCUT2D eigenvalue weighted by Gasteiger charge is 2.17. The van der Waals surface area contributed by atoms with E-state index in [0.29, 0.717) is 11.4 Å². The van der Waals surface area contributed by atoms with Crippen LogP contribution in [0.25, 0.3) is 0 Å². The number of anilines is 1. The summed E-state index contributed by atoms with van der Waals surface area (Å²) in [6.45, 7) is 0.163. The van der Waals surface area contributed by atoms with E-state index in [1.807, 2.05) is 0 Å². The van der Waals surface area contributed by atoms with Crippen LogP contribution >= 0.6 is 0 Å². The van der Waals surface area contributed by atoms with E-state index in [-0.39, 0.29) is 17.9 Å². The normalized spacial score (nSPS) is 10.3. The van der Waals surface area contributed by atoms with Crippen LogP contribution in [0.15, 0.2) is 24.4 Å². The van der Waals surface area contributed by atoms with Crippen molar-refractivity contribution in [2.75, 3.05) is 12.8 Å². The summed E-state index contributed by atoms with van der Waals surface area (Å²) in [5.74, 6) is -0.573. The maximum absolute atomic E-state index is 13.7. The van der Waals surface area contributed by atoms with E-state index in [9.17, 15) is 9.18 Å². The van der Waals surface area contributed by atoms with Crippen LogP contribution < -0.4 is 15.8 Å². The Balaban J connectivity index is 2.15. The molecule has 0 saturated heterocycles. The second kappa shape index (κ2) is 5.60. The zero-order chi connectivity index (χ0) is 14.7. The number of nitrogens with one attached hydrogen (secondary N) is 1. The Morgan fingerprint density at radius 1 is 1.55 bits per heavy atom. The maximum atomic E-state index is 13.7. The molecule has 6 nitrogen and oxygen atoms in total. The minimum atomic E-state index is -0.638. The Morgan fingerprint density at radius 2 is 2.30 bits per heavy atom. The van der Waals surface area contributed by atoms with Gasteiger partial charge in [-0.1, -0.05) is 6.07 Å². The molecule has 1 aromatic carbocycles. The molecular formula is C13H15FN4O2. The predicted molar refractivity (Wildman–Crippen MR) is 71.7 cm³/mol. The molecular weight excluding hydrogens is 263 g/mol. The molecule has 0 bridgehead atoms. The standard InChI is InChI=1S/C13H15FN4O2/c1-18-12(15)8(7-17-18)6-16-13(19)11-9(14)4-3-5-10(11)20-2/h3-5,7H,6,15H2,1-2H3,(H,16,19). The number of rotatable bonds is 4. The van der Waals surface area contributed by atoms with E-state index in [1.165, 1.54) is 30.0 Å². The zero-order valence-corrected chi connectivity index (χ0v) is 11.2. The van der Waals surface area contributed by atoms with Crippen LogP contribution in [-0.4, -0.2) is 22.8 Å². The second-order valence-electron chi connectivity index (χ2n) is 4.18. The zero-order valence-electron chi connectivity index (χ0n) is 11.2. The van der Waals surface area contributed by atoms with E-state index >= 15 is 0 Å². The Morgan fingerprint density at radius 3 is 2.90 bits per heavy atom. The number of carbonyl (C=O) groups excluding carboxylic acids is 1. The quantitative estimate of drug-likeness (QED) is 0.876. The van der Waals surface area contributed by atoms with E-state index in [0.717, 1.165) is 0 Å². The lowest BCUT2D eigenvalue weighted by Gasteiger charge is -2.09. The largest absolute Gasteiger partial charge is 0.496 e. The molecule has 1 aromatic heterocycles. The van der Waals surface area contributed by atoms with Crippen molar-refractivity contribution >= 4 is 11.7 Å². The Bertz CT molecular complexity index is 639. The number of halogens is 1. The highest BCUT2D eigenvalue weighted by Crippen LogP contribution is 2.21. The third-order valence-electron chi connectivity index (χ3n) is 2.93. The van der Waals surface area contributed by atoms with Gasteiger partial charge in [-0.2, -0.15) is 5.10 Å². The highest BCUT2D eigenvalue weighted by atomic mass is 19.1. The van der Waals surface area contributed by atoms with Gasteiger partial charge in [-0.05, 0) is 12.1 Å². The van der Waals surface area contributed by atoms with Gasteiger partial charge >= 0.3 is 0 Å². The average Bonchev–Trinajstić information content (AvgIpc) is 2.76. The number of hydrogen-bond donors (Lipinski definition) is 2. The van der Waals surface area contributed by atoms with Crippen LogP contribution in [0.5, 0.6) is 5.75 Å². The van der Waals surface area contributed by atoms with Crippen molar-refractivity contribution in [3.63, 3.8) is 0 Å². The van der Waals surface area contributed by atoms with Gasteiger partial charge in [0.15, 0.2) is 0 Å². The molecule has 0 atom stereocenters.